The molecule has 0 saturated heterocycles. The molecule has 0 radical (unpaired) electrons. The monoisotopic (exact) mass is 283 g/mol. The minimum Gasteiger partial charge on any atom is -0.454 e. The van der Waals surface area contributed by atoms with Crippen LogP contribution in [0.5, 0.6) is 0 Å². The van der Waals surface area contributed by atoms with Crippen molar-refractivity contribution in [3.05, 3.63) is 35.4 Å². The summed E-state index contributed by atoms with van der Waals surface area (Å²) in [6, 6.07) is 6.03. The third-order valence-electron chi connectivity index (χ3n) is 2.12. The van der Waals surface area contributed by atoms with Gasteiger partial charge in [-0.05, 0) is 32.4 Å². The van der Waals surface area contributed by atoms with Crippen LogP contribution in [0.25, 0.3) is 0 Å². The van der Waals surface area contributed by atoms with Crippen LogP contribution in [-0.2, 0) is 21.0 Å². The molecule has 1 aromatic carbocycles. The Kier molecular flexibility index (Phi) is 5.34. The smallest absolute Gasteiger partial charge is 0.380 e. The van der Waals surface area contributed by atoms with Crippen molar-refractivity contribution in [1.29, 1.82) is 0 Å². The van der Waals surface area contributed by atoms with Gasteiger partial charge >= 0.3 is 5.97 Å². The molecule has 2 N–H and O–H groups in total. The Hall–Kier alpha value is -1.80. The highest BCUT2D eigenvalue weighted by molar-refractivity contribution is 6.40. The van der Waals surface area contributed by atoms with Gasteiger partial charge in [-0.25, -0.2) is 9.63 Å². The van der Waals surface area contributed by atoms with Gasteiger partial charge in [0.25, 0.3) is 5.78 Å². The number of Topliss-reactive ketones (excluding diaryl/α,β-unsaturated/α-hetero) is 1. The van der Waals surface area contributed by atoms with E-state index in [2.05, 4.69) is 4.84 Å². The van der Waals surface area contributed by atoms with E-state index in [9.17, 15) is 9.59 Å². The topological polar surface area (TPSA) is 96.3 Å². The SMILES string of the molecule is CC(C)(C)OC(=O)C(=O)c1cccc(CON(O)O)c1. The lowest BCUT2D eigenvalue weighted by molar-refractivity contribution is -0.497. The Morgan fingerprint density at radius 2 is 1.90 bits per heavy atom. The summed E-state index contributed by atoms with van der Waals surface area (Å²) in [6.07, 6.45) is 0. The third kappa shape index (κ3) is 5.45. The molecule has 0 bridgehead atoms. The zero-order chi connectivity index (χ0) is 15.3. The van der Waals surface area contributed by atoms with Crippen LogP contribution >= 0.6 is 0 Å². The van der Waals surface area contributed by atoms with Crippen molar-refractivity contribution in [2.75, 3.05) is 0 Å². The predicted molar refractivity (Wildman–Crippen MR) is 66.8 cm³/mol. The average molecular weight is 283 g/mol. The van der Waals surface area contributed by atoms with Crippen LogP contribution < -0.4 is 0 Å². The van der Waals surface area contributed by atoms with E-state index in [1.807, 2.05) is 0 Å². The van der Waals surface area contributed by atoms with E-state index in [-0.39, 0.29) is 12.2 Å². The lowest BCUT2D eigenvalue weighted by Gasteiger charge is -2.18. The molecule has 7 nitrogen and oxygen atoms in total. The van der Waals surface area contributed by atoms with Crippen LogP contribution in [0.2, 0.25) is 0 Å². The molecule has 0 saturated carbocycles. The number of ketones is 1. The summed E-state index contributed by atoms with van der Waals surface area (Å²) in [5, 5.41) is 16.4. The summed E-state index contributed by atoms with van der Waals surface area (Å²) in [5.74, 6) is -1.71. The van der Waals surface area contributed by atoms with E-state index in [1.165, 1.54) is 12.1 Å². The summed E-state index contributed by atoms with van der Waals surface area (Å²) >= 11 is 0. The summed E-state index contributed by atoms with van der Waals surface area (Å²) in [6.45, 7) is 4.83. The summed E-state index contributed by atoms with van der Waals surface area (Å²) < 4.78 is 4.98. The number of esters is 1. The van der Waals surface area contributed by atoms with Crippen LogP contribution in [0.15, 0.2) is 24.3 Å². The summed E-state index contributed by atoms with van der Waals surface area (Å²) in [5.41, 5.74) is -0.114. The molecule has 7 heteroatoms. The van der Waals surface area contributed by atoms with Gasteiger partial charge < -0.3 is 4.74 Å². The van der Waals surface area contributed by atoms with Gasteiger partial charge in [-0.15, -0.1) is 0 Å². The predicted octanol–water partition coefficient (Wildman–Crippen LogP) is 1.72. The van der Waals surface area contributed by atoms with Crippen LogP contribution in [0, 0.1) is 0 Å². The number of benzene rings is 1. The average Bonchev–Trinajstić information content (AvgIpc) is 2.33. The Morgan fingerprint density at radius 3 is 2.45 bits per heavy atom. The highest BCUT2D eigenvalue weighted by Crippen LogP contribution is 2.12. The van der Waals surface area contributed by atoms with E-state index in [1.54, 1.807) is 32.9 Å². The number of hydrogen-bond acceptors (Lipinski definition) is 7. The molecular formula is C13H17NO6. The maximum atomic E-state index is 11.9. The second-order valence-electron chi connectivity index (χ2n) is 5.06. The zero-order valence-electron chi connectivity index (χ0n) is 11.5. The third-order valence-corrected chi connectivity index (χ3v) is 2.12. The molecule has 0 aromatic heterocycles. The summed E-state index contributed by atoms with van der Waals surface area (Å²) in [4.78, 5) is 28.0. The van der Waals surface area contributed by atoms with Crippen molar-refractivity contribution in [3.63, 3.8) is 0 Å². The maximum absolute atomic E-state index is 11.9. The Labute approximate surface area is 116 Å². The molecule has 0 spiro atoms. The maximum Gasteiger partial charge on any atom is 0.380 e. The van der Waals surface area contributed by atoms with Crippen LogP contribution in [0.4, 0.5) is 0 Å². The van der Waals surface area contributed by atoms with Crippen molar-refractivity contribution >= 4 is 11.8 Å². The molecule has 0 aliphatic rings. The lowest BCUT2D eigenvalue weighted by atomic mass is 10.1. The van der Waals surface area contributed by atoms with Gasteiger partial charge in [-0.2, -0.15) is 0 Å². The lowest BCUT2D eigenvalue weighted by Crippen LogP contribution is -2.29. The van der Waals surface area contributed by atoms with Crippen molar-refractivity contribution in [1.82, 2.24) is 5.39 Å². The van der Waals surface area contributed by atoms with Gasteiger partial charge in [0, 0.05) is 5.56 Å². The first-order valence-electron chi connectivity index (χ1n) is 5.86. The first-order chi connectivity index (χ1) is 9.19. The molecule has 0 unspecified atom stereocenters. The molecule has 1 rings (SSSR count). The molecule has 1 aromatic rings. The molecular weight excluding hydrogens is 266 g/mol. The molecule has 0 fully saturated rings. The van der Waals surface area contributed by atoms with Crippen LogP contribution in [0.1, 0.15) is 36.7 Å². The number of ether oxygens (including phenoxy) is 1. The number of rotatable bonds is 5. The fourth-order valence-electron chi connectivity index (χ4n) is 1.38. The first-order valence-corrected chi connectivity index (χ1v) is 5.86. The highest BCUT2D eigenvalue weighted by atomic mass is 17.1. The normalized spacial score (nSPS) is 11.5. The molecule has 0 aliphatic carbocycles. The van der Waals surface area contributed by atoms with Gasteiger partial charge in [0.15, 0.2) is 0 Å². The van der Waals surface area contributed by atoms with E-state index >= 15 is 0 Å². The molecule has 110 valence electrons. The molecule has 0 amide bonds. The quantitative estimate of drug-likeness (QED) is 0.367. The van der Waals surface area contributed by atoms with Crippen molar-refractivity contribution in [2.24, 2.45) is 0 Å². The number of hydrogen-bond donors (Lipinski definition) is 2. The summed E-state index contributed by atoms with van der Waals surface area (Å²) in [7, 11) is 0. The van der Waals surface area contributed by atoms with Gasteiger partial charge in [0.05, 0.1) is 12.0 Å². The second-order valence-corrected chi connectivity index (χ2v) is 5.06. The minimum atomic E-state index is -0.943. The van der Waals surface area contributed by atoms with E-state index < -0.39 is 22.7 Å². The van der Waals surface area contributed by atoms with Gasteiger partial charge in [0.1, 0.15) is 5.60 Å². The fraction of sp³-hybridized carbons (Fsp3) is 0.385. The Balaban J connectivity index is 2.78. The van der Waals surface area contributed by atoms with Crippen LogP contribution in [-0.4, -0.2) is 33.2 Å². The Morgan fingerprint density at radius 1 is 1.25 bits per heavy atom. The largest absolute Gasteiger partial charge is 0.454 e. The Bertz CT molecular complexity index is 492. The van der Waals surface area contributed by atoms with E-state index in [4.69, 9.17) is 15.2 Å². The standard InChI is InChI=1S/C13H17NO6/c1-13(2,3)20-12(16)11(15)10-6-4-5-9(7-10)8-19-14(17)18/h4-7,17-18H,8H2,1-3H3. The first kappa shape index (κ1) is 16.3. The molecule has 0 atom stereocenters. The zero-order valence-corrected chi connectivity index (χ0v) is 11.5. The fourth-order valence-corrected chi connectivity index (χ4v) is 1.38. The molecule has 0 heterocycles. The van der Waals surface area contributed by atoms with Gasteiger partial charge in [-0.3, -0.25) is 15.2 Å². The van der Waals surface area contributed by atoms with E-state index in [0.717, 1.165) is 0 Å². The van der Waals surface area contributed by atoms with Crippen molar-refractivity contribution < 1.29 is 29.6 Å². The number of carbonyl (C=O) groups excluding carboxylic acids is 2. The minimum absolute atomic E-state index is 0.141. The highest BCUT2D eigenvalue weighted by Gasteiger charge is 2.24. The van der Waals surface area contributed by atoms with Crippen molar-refractivity contribution in [3.8, 4) is 0 Å². The number of carbonyl (C=O) groups is 2. The number of nitrogens with zero attached hydrogens (tertiary/aromatic N) is 1. The molecule has 0 aliphatic heterocycles. The van der Waals surface area contributed by atoms with Crippen LogP contribution in [0.3, 0.4) is 0 Å². The van der Waals surface area contributed by atoms with Gasteiger partial charge in [-0.1, -0.05) is 18.2 Å². The van der Waals surface area contributed by atoms with Gasteiger partial charge in [0.2, 0.25) is 0 Å². The van der Waals surface area contributed by atoms with E-state index in [0.29, 0.717) is 5.56 Å². The molecule has 20 heavy (non-hydrogen) atoms. The van der Waals surface area contributed by atoms with Crippen molar-refractivity contribution in [2.45, 2.75) is 33.0 Å². The second kappa shape index (κ2) is 6.58.